The first-order valence-corrected chi connectivity index (χ1v) is 13.8. The van der Waals surface area contributed by atoms with E-state index in [0.717, 1.165) is 28.0 Å². The van der Waals surface area contributed by atoms with Crippen molar-refractivity contribution in [3.05, 3.63) is 109 Å². The molecule has 0 radical (unpaired) electrons. The van der Waals surface area contributed by atoms with E-state index in [1.807, 2.05) is 61.5 Å². The predicted molar refractivity (Wildman–Crippen MR) is 157 cm³/mol. The van der Waals surface area contributed by atoms with E-state index in [0.29, 0.717) is 23.5 Å². The van der Waals surface area contributed by atoms with Crippen molar-refractivity contribution >= 4 is 0 Å². The third-order valence-corrected chi connectivity index (χ3v) is 7.12. The molecule has 0 aliphatic heterocycles. The van der Waals surface area contributed by atoms with Crippen molar-refractivity contribution in [2.45, 2.75) is 59.7 Å². The molecule has 3 heteroatoms. The van der Waals surface area contributed by atoms with Crippen molar-refractivity contribution in [2.75, 3.05) is 0 Å². The highest BCUT2D eigenvalue weighted by Crippen LogP contribution is 2.39. The summed E-state index contributed by atoms with van der Waals surface area (Å²) in [5, 5.41) is 0. The summed E-state index contributed by atoms with van der Waals surface area (Å²) in [4.78, 5) is 11.9. The van der Waals surface area contributed by atoms with E-state index in [1.165, 1.54) is 18.4 Å². The highest BCUT2D eigenvalue weighted by molar-refractivity contribution is 5.82. The first-order chi connectivity index (χ1) is 18.5. The zero-order valence-electron chi connectivity index (χ0n) is 23.3. The Morgan fingerprint density at radius 3 is 1.68 bits per heavy atom. The van der Waals surface area contributed by atoms with Gasteiger partial charge in [0.05, 0.1) is 0 Å². The molecule has 0 heterocycles. The Labute approximate surface area is 228 Å². The SMILES string of the molecule is CCC(C)C(CC(C)C)c1ccc(OC(C)OOc2c(-c3ccccc3)cccc2-c2ccccc2)cc1. The summed E-state index contributed by atoms with van der Waals surface area (Å²) >= 11 is 0. The molecule has 0 aliphatic carbocycles. The van der Waals surface area contributed by atoms with Crippen molar-refractivity contribution < 1.29 is 14.5 Å². The molecule has 0 saturated carbocycles. The van der Waals surface area contributed by atoms with E-state index in [4.69, 9.17) is 14.5 Å². The summed E-state index contributed by atoms with van der Waals surface area (Å²) in [6, 6.07) is 35.0. The van der Waals surface area contributed by atoms with Gasteiger partial charge in [-0.1, -0.05) is 125 Å². The molecule has 0 bridgehead atoms. The number of hydrogen-bond acceptors (Lipinski definition) is 3. The summed E-state index contributed by atoms with van der Waals surface area (Å²) < 4.78 is 6.08. The first kappa shape index (κ1) is 27.5. The topological polar surface area (TPSA) is 27.7 Å². The molecule has 0 aliphatic rings. The lowest BCUT2D eigenvalue weighted by molar-refractivity contribution is -0.288. The molecule has 4 aromatic rings. The Balaban J connectivity index is 1.50. The second-order valence-electron chi connectivity index (χ2n) is 10.5. The van der Waals surface area contributed by atoms with Gasteiger partial charge in [-0.3, -0.25) is 0 Å². The van der Waals surface area contributed by atoms with E-state index in [-0.39, 0.29) is 0 Å². The van der Waals surface area contributed by atoms with Crippen molar-refractivity contribution in [3.63, 3.8) is 0 Å². The Hall–Kier alpha value is -3.56. The predicted octanol–water partition coefficient (Wildman–Crippen LogP) is 9.93. The molecule has 198 valence electrons. The molecule has 3 unspecified atom stereocenters. The zero-order chi connectivity index (χ0) is 26.9. The molecule has 0 spiro atoms. The van der Waals surface area contributed by atoms with Crippen LogP contribution in [0.4, 0.5) is 0 Å². The summed E-state index contributed by atoms with van der Waals surface area (Å²) in [6.07, 6.45) is 1.76. The Kier molecular flexibility index (Phi) is 9.62. The normalized spacial score (nSPS) is 13.6. The van der Waals surface area contributed by atoms with E-state index < -0.39 is 6.29 Å². The molecule has 3 nitrogen and oxygen atoms in total. The largest absolute Gasteiger partial charge is 0.461 e. The lowest BCUT2D eigenvalue weighted by Crippen LogP contribution is -2.19. The van der Waals surface area contributed by atoms with Gasteiger partial charge in [-0.25, -0.2) is 0 Å². The monoisotopic (exact) mass is 508 g/mol. The van der Waals surface area contributed by atoms with Crippen molar-refractivity contribution in [2.24, 2.45) is 11.8 Å². The van der Waals surface area contributed by atoms with Gasteiger partial charge in [0, 0.05) is 18.1 Å². The van der Waals surface area contributed by atoms with Gasteiger partial charge in [-0.15, -0.1) is 4.89 Å². The molecule has 0 aromatic heterocycles. The third kappa shape index (κ3) is 7.05. The van der Waals surface area contributed by atoms with Crippen molar-refractivity contribution in [1.82, 2.24) is 0 Å². The summed E-state index contributed by atoms with van der Waals surface area (Å²) in [5.74, 6) is 3.29. The molecular weight excluding hydrogens is 468 g/mol. The van der Waals surface area contributed by atoms with Crippen LogP contribution in [0.15, 0.2) is 103 Å². The van der Waals surface area contributed by atoms with Crippen LogP contribution in [0.2, 0.25) is 0 Å². The molecule has 3 atom stereocenters. The number of benzene rings is 4. The van der Waals surface area contributed by atoms with Gasteiger partial charge in [0.1, 0.15) is 5.75 Å². The van der Waals surface area contributed by atoms with Gasteiger partial charge >= 0.3 is 0 Å². The van der Waals surface area contributed by atoms with E-state index in [9.17, 15) is 0 Å². The van der Waals surface area contributed by atoms with Gasteiger partial charge in [-0.05, 0) is 53.0 Å². The third-order valence-electron chi connectivity index (χ3n) is 7.12. The minimum atomic E-state index is -0.602. The second-order valence-corrected chi connectivity index (χ2v) is 10.5. The highest BCUT2D eigenvalue weighted by Gasteiger charge is 2.20. The molecule has 0 fully saturated rings. The maximum absolute atomic E-state index is 6.08. The minimum absolute atomic E-state index is 0.553. The molecule has 4 rings (SSSR count). The average molecular weight is 509 g/mol. The van der Waals surface area contributed by atoms with Crippen molar-refractivity contribution in [3.8, 4) is 33.8 Å². The lowest BCUT2D eigenvalue weighted by atomic mass is 9.80. The first-order valence-electron chi connectivity index (χ1n) is 13.8. The fourth-order valence-corrected chi connectivity index (χ4v) is 4.93. The van der Waals surface area contributed by atoms with Crippen LogP contribution in [-0.4, -0.2) is 6.29 Å². The molecular formula is C35H40O3. The van der Waals surface area contributed by atoms with E-state index in [1.54, 1.807) is 0 Å². The number of para-hydroxylation sites is 1. The fourth-order valence-electron chi connectivity index (χ4n) is 4.93. The number of rotatable bonds is 12. The molecule has 4 aromatic carbocycles. The smallest absolute Gasteiger partial charge is 0.239 e. The summed E-state index contributed by atoms with van der Waals surface area (Å²) in [6.45, 7) is 11.1. The van der Waals surface area contributed by atoms with Crippen LogP contribution < -0.4 is 9.62 Å². The number of hydrogen-bond donors (Lipinski definition) is 0. The van der Waals surface area contributed by atoms with Gasteiger partial charge in [-0.2, -0.15) is 0 Å². The lowest BCUT2D eigenvalue weighted by Gasteiger charge is -2.25. The van der Waals surface area contributed by atoms with Crippen LogP contribution in [0.25, 0.3) is 22.3 Å². The van der Waals surface area contributed by atoms with Crippen LogP contribution in [0.1, 0.15) is 58.9 Å². The summed E-state index contributed by atoms with van der Waals surface area (Å²) in [5.41, 5.74) is 5.42. The summed E-state index contributed by atoms with van der Waals surface area (Å²) in [7, 11) is 0. The maximum Gasteiger partial charge on any atom is 0.239 e. The quantitative estimate of drug-likeness (QED) is 0.108. The second kappa shape index (κ2) is 13.3. The Morgan fingerprint density at radius 1 is 0.632 bits per heavy atom. The van der Waals surface area contributed by atoms with Gasteiger partial charge in [0.25, 0.3) is 0 Å². The average Bonchev–Trinajstić information content (AvgIpc) is 2.95. The Morgan fingerprint density at radius 2 is 1.18 bits per heavy atom. The molecule has 0 saturated heterocycles. The molecule has 38 heavy (non-hydrogen) atoms. The van der Waals surface area contributed by atoms with Crippen LogP contribution in [0.3, 0.4) is 0 Å². The Bertz CT molecular complexity index is 1190. The van der Waals surface area contributed by atoms with Crippen molar-refractivity contribution in [1.29, 1.82) is 0 Å². The zero-order valence-corrected chi connectivity index (χ0v) is 23.3. The fraction of sp³-hybridized carbons (Fsp3) is 0.314. The van der Waals surface area contributed by atoms with Crippen LogP contribution >= 0.6 is 0 Å². The van der Waals surface area contributed by atoms with E-state index in [2.05, 4.69) is 76.2 Å². The van der Waals surface area contributed by atoms with Crippen LogP contribution in [0.5, 0.6) is 11.5 Å². The van der Waals surface area contributed by atoms with E-state index >= 15 is 0 Å². The highest BCUT2D eigenvalue weighted by atomic mass is 17.2. The minimum Gasteiger partial charge on any atom is -0.461 e. The maximum atomic E-state index is 6.08. The molecule has 0 N–H and O–H groups in total. The van der Waals surface area contributed by atoms with Crippen LogP contribution in [0, 0.1) is 11.8 Å². The molecule has 0 amide bonds. The standard InChI is InChI=1S/C35H40O3/c1-6-26(4)34(24-25(2)3)30-20-22-31(23-21-30)36-27(5)37-38-35-32(28-14-9-7-10-15-28)18-13-19-33(35)29-16-11-8-12-17-29/h7-23,25-27,34H,6,24H2,1-5H3. The van der Waals surface area contributed by atoms with Gasteiger partial charge in [0.15, 0.2) is 5.75 Å². The van der Waals surface area contributed by atoms with Crippen LogP contribution in [-0.2, 0) is 4.89 Å². The van der Waals surface area contributed by atoms with Gasteiger partial charge < -0.3 is 9.62 Å². The van der Waals surface area contributed by atoms with Gasteiger partial charge in [0.2, 0.25) is 6.29 Å². The number of ether oxygens (including phenoxy) is 1.